The topological polar surface area (TPSA) is 91.3 Å². The lowest BCUT2D eigenvalue weighted by atomic mass is 10.0. The van der Waals surface area contributed by atoms with Crippen LogP contribution in [0.15, 0.2) is 16.6 Å². The Kier molecular flexibility index (Phi) is 6.13. The molecule has 0 saturated heterocycles. The molecule has 8 heteroatoms. The van der Waals surface area contributed by atoms with Gasteiger partial charge in [-0.1, -0.05) is 6.08 Å². The van der Waals surface area contributed by atoms with Crippen LogP contribution in [-0.4, -0.2) is 47.0 Å². The number of hydrazone groups is 1. The third kappa shape index (κ3) is 4.55. The van der Waals surface area contributed by atoms with Crippen molar-refractivity contribution in [3.05, 3.63) is 28.6 Å². The molecular formula is C18H26N6OS. The van der Waals surface area contributed by atoms with Gasteiger partial charge in [-0.05, 0) is 32.6 Å². The smallest absolute Gasteiger partial charge is 0.289 e. The Morgan fingerprint density at radius 2 is 2.27 bits per heavy atom. The number of nitrogens with one attached hydrogen (secondary N) is 3. The molecule has 0 aromatic carbocycles. The van der Waals surface area contributed by atoms with E-state index in [4.69, 9.17) is 0 Å². The number of nitrogens with zero attached hydrogens (tertiary/aromatic N) is 3. The number of aromatic nitrogens is 2. The zero-order valence-electron chi connectivity index (χ0n) is 15.5. The number of rotatable bonds is 7. The van der Waals surface area contributed by atoms with E-state index in [0.717, 1.165) is 42.3 Å². The molecule has 0 fully saturated rings. The molecule has 26 heavy (non-hydrogen) atoms. The Labute approximate surface area is 158 Å². The summed E-state index contributed by atoms with van der Waals surface area (Å²) in [5.74, 6) is 2.53. The highest BCUT2D eigenvalue weighted by Gasteiger charge is 2.22. The van der Waals surface area contributed by atoms with Crippen LogP contribution in [0.1, 0.15) is 35.2 Å². The summed E-state index contributed by atoms with van der Waals surface area (Å²) in [4.78, 5) is 21.4. The minimum atomic E-state index is -0.221. The SMILES string of the molecule is Cc1nc(C(=O)N[C@H](C)C2C=CSC2)nc(NCCC2C=NNC2)c1C. The molecule has 3 atom stereocenters. The molecule has 1 aromatic heterocycles. The van der Waals surface area contributed by atoms with Gasteiger partial charge in [-0.25, -0.2) is 9.97 Å². The minimum absolute atomic E-state index is 0.0597. The number of aryl methyl sites for hydroxylation is 1. The monoisotopic (exact) mass is 374 g/mol. The van der Waals surface area contributed by atoms with E-state index in [2.05, 4.69) is 42.6 Å². The number of thioether (sulfide) groups is 1. The van der Waals surface area contributed by atoms with Gasteiger partial charge in [0.25, 0.3) is 5.91 Å². The van der Waals surface area contributed by atoms with E-state index in [1.54, 1.807) is 11.8 Å². The van der Waals surface area contributed by atoms with Crippen molar-refractivity contribution in [3.63, 3.8) is 0 Å². The van der Waals surface area contributed by atoms with Crippen molar-refractivity contribution in [2.45, 2.75) is 33.2 Å². The van der Waals surface area contributed by atoms with E-state index in [1.807, 2.05) is 27.0 Å². The number of carbonyl (C=O) groups is 1. The first-order valence-electron chi connectivity index (χ1n) is 8.99. The summed E-state index contributed by atoms with van der Waals surface area (Å²) in [6.07, 6.45) is 5.05. The third-order valence-corrected chi connectivity index (χ3v) is 5.77. The van der Waals surface area contributed by atoms with Crippen molar-refractivity contribution in [3.8, 4) is 0 Å². The van der Waals surface area contributed by atoms with Crippen LogP contribution in [0, 0.1) is 25.7 Å². The highest BCUT2D eigenvalue weighted by atomic mass is 32.2. The van der Waals surface area contributed by atoms with Crippen molar-refractivity contribution in [1.82, 2.24) is 20.7 Å². The van der Waals surface area contributed by atoms with Crippen molar-refractivity contribution < 1.29 is 4.79 Å². The van der Waals surface area contributed by atoms with Gasteiger partial charge in [0.1, 0.15) is 5.82 Å². The fraction of sp³-hybridized carbons (Fsp3) is 0.556. The van der Waals surface area contributed by atoms with Crippen molar-refractivity contribution in [1.29, 1.82) is 0 Å². The molecule has 1 amide bonds. The first kappa shape index (κ1) is 18.7. The van der Waals surface area contributed by atoms with Crippen LogP contribution >= 0.6 is 11.8 Å². The van der Waals surface area contributed by atoms with E-state index >= 15 is 0 Å². The standard InChI is InChI=1S/C18H26N6OS/c1-11-12(2)22-17(18(25)23-13(3)15-5-7-26-10-15)24-16(11)19-6-4-14-8-20-21-9-14/h5,7-8,13-15,21H,4,6,9-10H2,1-3H3,(H,23,25)(H,19,22,24)/t13-,14?,15?/m1/s1. The summed E-state index contributed by atoms with van der Waals surface area (Å²) in [7, 11) is 0. The van der Waals surface area contributed by atoms with Crippen LogP contribution in [-0.2, 0) is 0 Å². The second-order valence-corrected chi connectivity index (χ2v) is 7.75. The molecule has 0 aliphatic carbocycles. The zero-order chi connectivity index (χ0) is 18.5. The number of hydrogen-bond donors (Lipinski definition) is 3. The highest BCUT2D eigenvalue weighted by molar-refractivity contribution is 8.02. The molecule has 0 bridgehead atoms. The second-order valence-electron chi connectivity index (χ2n) is 6.81. The van der Waals surface area contributed by atoms with Gasteiger partial charge in [0.05, 0.1) is 0 Å². The van der Waals surface area contributed by atoms with Crippen molar-refractivity contribution in [2.75, 3.05) is 24.2 Å². The van der Waals surface area contributed by atoms with Crippen molar-refractivity contribution >= 4 is 29.7 Å². The van der Waals surface area contributed by atoms with Gasteiger partial charge in [-0.3, -0.25) is 4.79 Å². The van der Waals surface area contributed by atoms with E-state index in [1.165, 1.54) is 0 Å². The van der Waals surface area contributed by atoms with Gasteiger partial charge in [0, 0.05) is 54.2 Å². The third-order valence-electron chi connectivity index (χ3n) is 4.84. The first-order valence-corrected chi connectivity index (χ1v) is 10.0. The molecule has 3 rings (SSSR count). The zero-order valence-corrected chi connectivity index (χ0v) is 16.3. The molecule has 3 N–H and O–H groups in total. The number of anilines is 1. The minimum Gasteiger partial charge on any atom is -0.370 e. The molecule has 2 unspecified atom stereocenters. The lowest BCUT2D eigenvalue weighted by Gasteiger charge is -2.19. The quantitative estimate of drug-likeness (QED) is 0.677. The van der Waals surface area contributed by atoms with Gasteiger partial charge in [0.2, 0.25) is 5.82 Å². The second kappa shape index (κ2) is 8.53. The first-order chi connectivity index (χ1) is 12.5. The van der Waals surface area contributed by atoms with E-state index in [0.29, 0.717) is 11.8 Å². The number of carbonyl (C=O) groups excluding carboxylic acids is 1. The lowest BCUT2D eigenvalue weighted by Crippen LogP contribution is -2.38. The Balaban J connectivity index is 1.63. The van der Waals surface area contributed by atoms with Gasteiger partial charge in [-0.2, -0.15) is 5.10 Å². The molecule has 0 spiro atoms. The maximum atomic E-state index is 12.6. The Morgan fingerprint density at radius 3 is 2.96 bits per heavy atom. The van der Waals surface area contributed by atoms with Crippen LogP contribution < -0.4 is 16.1 Å². The van der Waals surface area contributed by atoms with Gasteiger partial charge in [0.15, 0.2) is 0 Å². The predicted molar refractivity (Wildman–Crippen MR) is 107 cm³/mol. The molecule has 140 valence electrons. The largest absolute Gasteiger partial charge is 0.370 e. The summed E-state index contributed by atoms with van der Waals surface area (Å²) in [5, 5.41) is 12.5. The Bertz CT molecular complexity index is 720. The van der Waals surface area contributed by atoms with E-state index in [9.17, 15) is 4.79 Å². The predicted octanol–water partition coefficient (Wildman–Crippen LogP) is 2.10. The van der Waals surface area contributed by atoms with Crippen LogP contribution in [0.4, 0.5) is 5.82 Å². The molecule has 0 saturated carbocycles. The molecule has 2 aliphatic heterocycles. The van der Waals surface area contributed by atoms with Crippen LogP contribution in [0.3, 0.4) is 0 Å². The van der Waals surface area contributed by atoms with Crippen LogP contribution in [0.25, 0.3) is 0 Å². The molecule has 3 heterocycles. The summed E-state index contributed by atoms with van der Waals surface area (Å²) >= 11 is 1.77. The van der Waals surface area contributed by atoms with E-state index < -0.39 is 0 Å². The summed E-state index contributed by atoms with van der Waals surface area (Å²) < 4.78 is 0. The molecule has 2 aliphatic rings. The average Bonchev–Trinajstić information content (AvgIpc) is 3.31. The normalized spacial score (nSPS) is 22.3. The summed E-state index contributed by atoms with van der Waals surface area (Å²) in [6.45, 7) is 7.56. The summed E-state index contributed by atoms with van der Waals surface area (Å²) in [6, 6.07) is 0.0597. The molecule has 0 radical (unpaired) electrons. The fourth-order valence-corrected chi connectivity index (χ4v) is 3.95. The maximum Gasteiger partial charge on any atom is 0.289 e. The van der Waals surface area contributed by atoms with Crippen LogP contribution in [0.2, 0.25) is 0 Å². The Hall–Kier alpha value is -2.09. The molecule has 7 nitrogen and oxygen atoms in total. The average molecular weight is 375 g/mol. The van der Waals surface area contributed by atoms with Crippen molar-refractivity contribution in [2.24, 2.45) is 16.9 Å². The fourth-order valence-electron chi connectivity index (χ4n) is 2.90. The van der Waals surface area contributed by atoms with Gasteiger partial charge < -0.3 is 16.1 Å². The van der Waals surface area contributed by atoms with Gasteiger partial charge >= 0.3 is 0 Å². The highest BCUT2D eigenvalue weighted by Crippen LogP contribution is 2.23. The molecule has 1 aromatic rings. The number of hydrogen-bond acceptors (Lipinski definition) is 7. The maximum absolute atomic E-state index is 12.6. The Morgan fingerprint density at radius 1 is 1.42 bits per heavy atom. The molecular weight excluding hydrogens is 348 g/mol. The van der Waals surface area contributed by atoms with E-state index in [-0.39, 0.29) is 17.8 Å². The van der Waals surface area contributed by atoms with Gasteiger partial charge in [-0.15, -0.1) is 11.8 Å². The summed E-state index contributed by atoms with van der Waals surface area (Å²) in [5.41, 5.74) is 4.76. The number of amides is 1. The lowest BCUT2D eigenvalue weighted by molar-refractivity contribution is 0.0923. The van der Waals surface area contributed by atoms with Crippen LogP contribution in [0.5, 0.6) is 0 Å².